The van der Waals surface area contributed by atoms with E-state index in [1.54, 1.807) is 0 Å². The normalized spacial score (nSPS) is 28.6. The van der Waals surface area contributed by atoms with E-state index in [0.29, 0.717) is 6.61 Å². The molecule has 3 rings (SSSR count). The van der Waals surface area contributed by atoms with Gasteiger partial charge >= 0.3 is 0 Å². The van der Waals surface area contributed by atoms with Crippen LogP contribution in [-0.4, -0.2) is 72.9 Å². The predicted octanol–water partition coefficient (Wildman–Crippen LogP) is 2.44. The first kappa shape index (κ1) is 19.5. The van der Waals surface area contributed by atoms with Gasteiger partial charge in [0, 0.05) is 43.3 Å². The van der Waals surface area contributed by atoms with Crippen LogP contribution in [0.15, 0.2) is 0 Å². The van der Waals surface area contributed by atoms with Crippen molar-refractivity contribution in [2.45, 2.75) is 69.6 Å². The Hall–Kier alpha value is -0.300. The second-order valence-electron chi connectivity index (χ2n) is 7.71. The van der Waals surface area contributed by atoms with Gasteiger partial charge in [0.05, 0.1) is 12.7 Å². The van der Waals surface area contributed by atoms with Gasteiger partial charge in [0.25, 0.3) is 0 Å². The van der Waals surface area contributed by atoms with Gasteiger partial charge in [0.2, 0.25) is 5.91 Å². The van der Waals surface area contributed by atoms with Crippen molar-refractivity contribution in [3.63, 3.8) is 0 Å². The Balaban J connectivity index is 1.44. The van der Waals surface area contributed by atoms with Crippen molar-refractivity contribution >= 4 is 17.7 Å². The number of rotatable bonds is 7. The molecular weight excluding hydrogens is 336 g/mol. The zero-order valence-corrected chi connectivity index (χ0v) is 16.5. The highest BCUT2D eigenvalue weighted by Crippen LogP contribution is 2.36. The van der Waals surface area contributed by atoms with Gasteiger partial charge in [0.15, 0.2) is 0 Å². The lowest BCUT2D eigenvalue weighted by molar-refractivity contribution is -0.136. The molecule has 2 saturated heterocycles. The highest BCUT2D eigenvalue weighted by molar-refractivity contribution is 7.99. The number of amides is 1. The van der Waals surface area contributed by atoms with Crippen molar-refractivity contribution in [3.8, 4) is 0 Å². The van der Waals surface area contributed by atoms with Crippen molar-refractivity contribution < 1.29 is 14.3 Å². The number of hydrogen-bond donors (Lipinski definition) is 1. The Morgan fingerprint density at radius 2 is 2.04 bits per heavy atom. The lowest BCUT2D eigenvalue weighted by Gasteiger charge is -2.43. The zero-order chi connectivity index (χ0) is 17.5. The van der Waals surface area contributed by atoms with Crippen LogP contribution in [0.3, 0.4) is 0 Å². The van der Waals surface area contributed by atoms with E-state index in [9.17, 15) is 4.79 Å². The molecule has 0 aromatic rings. The summed E-state index contributed by atoms with van der Waals surface area (Å²) in [6, 6.07) is 0. The van der Waals surface area contributed by atoms with Gasteiger partial charge in [-0.3, -0.25) is 9.69 Å². The molecule has 1 aliphatic carbocycles. The van der Waals surface area contributed by atoms with E-state index < -0.39 is 6.10 Å². The van der Waals surface area contributed by atoms with Crippen molar-refractivity contribution in [1.82, 2.24) is 10.2 Å². The summed E-state index contributed by atoms with van der Waals surface area (Å²) in [4.78, 5) is 15.1. The van der Waals surface area contributed by atoms with Crippen molar-refractivity contribution in [1.29, 1.82) is 0 Å². The minimum absolute atomic E-state index is 0.0217. The van der Waals surface area contributed by atoms with Crippen LogP contribution in [-0.2, 0) is 14.3 Å². The molecule has 25 heavy (non-hydrogen) atoms. The van der Waals surface area contributed by atoms with Crippen LogP contribution in [0.1, 0.15) is 51.9 Å². The smallest absolute Gasteiger partial charge is 0.248 e. The summed E-state index contributed by atoms with van der Waals surface area (Å²) in [5, 5.41) is 3.20. The van der Waals surface area contributed by atoms with Crippen molar-refractivity contribution in [2.75, 3.05) is 44.4 Å². The quantitative estimate of drug-likeness (QED) is 0.746. The van der Waals surface area contributed by atoms with E-state index in [4.69, 9.17) is 9.47 Å². The third-order valence-corrected chi connectivity index (χ3v) is 6.93. The molecule has 0 aromatic carbocycles. The fourth-order valence-electron chi connectivity index (χ4n) is 4.34. The standard InChI is InChI=1S/C19H34N2O3S/c1-16(24-14-17-6-2-5-11-23-17)18(22)20-15-19(7-3-4-8-19)21-9-12-25-13-10-21/h16-17H,2-15H2,1H3,(H,20,22). The fraction of sp³-hybridized carbons (Fsp3) is 0.947. The molecule has 1 N–H and O–H groups in total. The number of carbonyl (C=O) groups excluding carboxylic acids is 1. The van der Waals surface area contributed by atoms with Crippen LogP contribution < -0.4 is 5.32 Å². The molecule has 3 aliphatic rings. The molecule has 2 heterocycles. The molecule has 144 valence electrons. The molecule has 1 amide bonds. The SMILES string of the molecule is CC(OCC1CCCCO1)C(=O)NCC1(N2CCSCC2)CCCC1. The number of nitrogens with one attached hydrogen (secondary N) is 1. The molecule has 2 aliphatic heterocycles. The van der Waals surface area contributed by atoms with E-state index >= 15 is 0 Å². The molecule has 0 bridgehead atoms. The molecule has 1 saturated carbocycles. The number of nitrogens with zero attached hydrogens (tertiary/aromatic N) is 1. The molecule has 3 fully saturated rings. The Bertz CT molecular complexity index is 417. The monoisotopic (exact) mass is 370 g/mol. The van der Waals surface area contributed by atoms with E-state index in [1.165, 1.54) is 43.6 Å². The second kappa shape index (κ2) is 9.58. The minimum Gasteiger partial charge on any atom is -0.376 e. The molecule has 0 spiro atoms. The first-order chi connectivity index (χ1) is 12.2. The van der Waals surface area contributed by atoms with Crippen LogP contribution in [0.25, 0.3) is 0 Å². The van der Waals surface area contributed by atoms with E-state index in [0.717, 1.165) is 39.1 Å². The lowest BCUT2D eigenvalue weighted by Crippen LogP contribution is -2.57. The molecule has 2 atom stereocenters. The number of carbonyl (C=O) groups is 1. The predicted molar refractivity (Wildman–Crippen MR) is 102 cm³/mol. The van der Waals surface area contributed by atoms with E-state index in [2.05, 4.69) is 10.2 Å². The molecule has 5 nitrogen and oxygen atoms in total. The summed E-state index contributed by atoms with van der Waals surface area (Å²) < 4.78 is 11.5. The maximum Gasteiger partial charge on any atom is 0.248 e. The number of thioether (sulfide) groups is 1. The summed E-state index contributed by atoms with van der Waals surface area (Å²) >= 11 is 2.04. The van der Waals surface area contributed by atoms with Gasteiger partial charge in [-0.2, -0.15) is 11.8 Å². The first-order valence-electron chi connectivity index (χ1n) is 10.0. The zero-order valence-electron chi connectivity index (χ0n) is 15.6. The summed E-state index contributed by atoms with van der Waals surface area (Å²) in [6.45, 7) is 6.30. The van der Waals surface area contributed by atoms with Crippen LogP contribution in [0.2, 0.25) is 0 Å². The van der Waals surface area contributed by atoms with Gasteiger partial charge < -0.3 is 14.8 Å². The summed E-state index contributed by atoms with van der Waals surface area (Å²) in [5.41, 5.74) is 0.183. The molecule has 2 unspecified atom stereocenters. The third-order valence-electron chi connectivity index (χ3n) is 5.98. The van der Waals surface area contributed by atoms with Crippen LogP contribution in [0, 0.1) is 0 Å². The Kier molecular flexibility index (Phi) is 7.46. The minimum atomic E-state index is -0.402. The highest BCUT2D eigenvalue weighted by atomic mass is 32.2. The summed E-state index contributed by atoms with van der Waals surface area (Å²) in [5.74, 6) is 2.46. The largest absolute Gasteiger partial charge is 0.376 e. The average Bonchev–Trinajstić information content (AvgIpc) is 3.16. The van der Waals surface area contributed by atoms with Gasteiger partial charge in [-0.25, -0.2) is 0 Å². The van der Waals surface area contributed by atoms with Gasteiger partial charge in [-0.1, -0.05) is 12.8 Å². The Morgan fingerprint density at radius 1 is 1.28 bits per heavy atom. The number of hydrogen-bond acceptors (Lipinski definition) is 5. The third kappa shape index (κ3) is 5.34. The maximum absolute atomic E-state index is 12.5. The van der Waals surface area contributed by atoms with Crippen molar-refractivity contribution in [2.24, 2.45) is 0 Å². The lowest BCUT2D eigenvalue weighted by atomic mass is 9.94. The topological polar surface area (TPSA) is 50.8 Å². The van der Waals surface area contributed by atoms with Crippen LogP contribution >= 0.6 is 11.8 Å². The van der Waals surface area contributed by atoms with Gasteiger partial charge in [-0.15, -0.1) is 0 Å². The maximum atomic E-state index is 12.5. The van der Waals surface area contributed by atoms with Crippen molar-refractivity contribution in [3.05, 3.63) is 0 Å². The average molecular weight is 371 g/mol. The molecular formula is C19H34N2O3S. The number of ether oxygens (including phenoxy) is 2. The summed E-state index contributed by atoms with van der Waals surface area (Å²) in [7, 11) is 0. The molecule has 6 heteroatoms. The van der Waals surface area contributed by atoms with Gasteiger partial charge in [-0.05, 0) is 39.0 Å². The second-order valence-corrected chi connectivity index (χ2v) is 8.94. The molecule has 0 radical (unpaired) electrons. The Morgan fingerprint density at radius 3 is 2.72 bits per heavy atom. The van der Waals surface area contributed by atoms with Crippen LogP contribution in [0.4, 0.5) is 0 Å². The first-order valence-corrected chi connectivity index (χ1v) is 11.2. The van der Waals surface area contributed by atoms with Gasteiger partial charge in [0.1, 0.15) is 6.10 Å². The van der Waals surface area contributed by atoms with E-state index in [-0.39, 0.29) is 17.6 Å². The fourth-order valence-corrected chi connectivity index (χ4v) is 5.24. The Labute approximate surface area is 156 Å². The van der Waals surface area contributed by atoms with E-state index in [1.807, 2.05) is 18.7 Å². The van der Waals surface area contributed by atoms with Crippen LogP contribution in [0.5, 0.6) is 0 Å². The summed E-state index contributed by atoms with van der Waals surface area (Å²) in [6.07, 6.45) is 8.14. The highest BCUT2D eigenvalue weighted by Gasteiger charge is 2.40. The molecule has 0 aromatic heterocycles.